The number of amides is 1. The fourth-order valence-electron chi connectivity index (χ4n) is 3.40. The lowest BCUT2D eigenvalue weighted by atomic mass is 10.0. The highest BCUT2D eigenvalue weighted by atomic mass is 32.1. The summed E-state index contributed by atoms with van der Waals surface area (Å²) in [7, 11) is 2.09. The van der Waals surface area contributed by atoms with Gasteiger partial charge in [-0.05, 0) is 45.0 Å². The molecule has 1 saturated heterocycles. The van der Waals surface area contributed by atoms with E-state index in [2.05, 4.69) is 28.2 Å². The second-order valence-corrected chi connectivity index (χ2v) is 7.65. The van der Waals surface area contributed by atoms with Crippen molar-refractivity contribution >= 4 is 22.2 Å². The number of carbonyl (C=O) groups is 1. The van der Waals surface area contributed by atoms with Crippen molar-refractivity contribution in [3.8, 4) is 6.07 Å². The SMILES string of the molecule is CN1CCc2c(sc(NC(=O)CN3CCCCCC3)c2C#N)C1. The molecule has 1 fully saturated rings. The van der Waals surface area contributed by atoms with Crippen LogP contribution in [0, 0.1) is 11.3 Å². The van der Waals surface area contributed by atoms with Crippen LogP contribution < -0.4 is 5.32 Å². The number of fused-ring (bicyclic) bond motifs is 1. The number of likely N-dealkylation sites (tertiary alicyclic amines) is 1. The molecule has 0 radical (unpaired) electrons. The summed E-state index contributed by atoms with van der Waals surface area (Å²) < 4.78 is 0. The molecule has 1 aromatic rings. The Morgan fingerprint density at radius 1 is 1.26 bits per heavy atom. The van der Waals surface area contributed by atoms with Crippen LogP contribution >= 0.6 is 11.3 Å². The fourth-order valence-corrected chi connectivity index (χ4v) is 4.70. The van der Waals surface area contributed by atoms with Gasteiger partial charge in [-0.25, -0.2) is 0 Å². The van der Waals surface area contributed by atoms with Gasteiger partial charge in [0, 0.05) is 18.0 Å². The summed E-state index contributed by atoms with van der Waals surface area (Å²) in [6.45, 7) is 4.29. The minimum absolute atomic E-state index is 0.00958. The Hall–Kier alpha value is -1.42. The van der Waals surface area contributed by atoms with Gasteiger partial charge in [-0.3, -0.25) is 9.69 Å². The first-order valence-electron chi connectivity index (χ1n) is 8.42. The van der Waals surface area contributed by atoms with Crippen LogP contribution in [0.2, 0.25) is 0 Å². The van der Waals surface area contributed by atoms with Gasteiger partial charge in [0.15, 0.2) is 0 Å². The smallest absolute Gasteiger partial charge is 0.239 e. The fraction of sp³-hybridized carbons (Fsp3) is 0.647. The third-order valence-electron chi connectivity index (χ3n) is 4.68. The molecule has 2 aliphatic rings. The van der Waals surface area contributed by atoms with E-state index in [0.29, 0.717) is 12.1 Å². The second kappa shape index (κ2) is 7.43. The zero-order chi connectivity index (χ0) is 16.2. The Morgan fingerprint density at radius 3 is 2.70 bits per heavy atom. The van der Waals surface area contributed by atoms with E-state index in [0.717, 1.165) is 43.2 Å². The Kier molecular flexibility index (Phi) is 5.31. The molecule has 0 aromatic carbocycles. The number of carbonyl (C=O) groups excluding carboxylic acids is 1. The first kappa shape index (κ1) is 16.4. The van der Waals surface area contributed by atoms with E-state index in [1.807, 2.05) is 0 Å². The molecular formula is C17H24N4OS. The summed E-state index contributed by atoms with van der Waals surface area (Å²) >= 11 is 1.57. The lowest BCUT2D eigenvalue weighted by Gasteiger charge is -2.21. The van der Waals surface area contributed by atoms with Crippen LogP contribution in [0.15, 0.2) is 0 Å². The number of anilines is 1. The van der Waals surface area contributed by atoms with E-state index in [1.165, 1.54) is 30.6 Å². The minimum Gasteiger partial charge on any atom is -0.315 e. The number of rotatable bonds is 3. The van der Waals surface area contributed by atoms with E-state index >= 15 is 0 Å². The monoisotopic (exact) mass is 332 g/mol. The van der Waals surface area contributed by atoms with Gasteiger partial charge < -0.3 is 10.2 Å². The summed E-state index contributed by atoms with van der Waals surface area (Å²) in [4.78, 5) is 18.1. The largest absolute Gasteiger partial charge is 0.315 e. The maximum absolute atomic E-state index is 12.4. The molecule has 0 saturated carbocycles. The lowest BCUT2D eigenvalue weighted by molar-refractivity contribution is -0.117. The Morgan fingerprint density at radius 2 is 2.00 bits per heavy atom. The van der Waals surface area contributed by atoms with Crippen molar-refractivity contribution in [1.29, 1.82) is 5.26 Å². The topological polar surface area (TPSA) is 59.4 Å². The molecule has 0 bridgehead atoms. The summed E-state index contributed by atoms with van der Waals surface area (Å²) in [5, 5.41) is 13.2. The number of likely N-dealkylation sites (N-methyl/N-ethyl adjacent to an activating group) is 1. The molecule has 2 aliphatic heterocycles. The first-order chi connectivity index (χ1) is 11.2. The number of hydrogen-bond donors (Lipinski definition) is 1. The van der Waals surface area contributed by atoms with Crippen LogP contribution in [-0.2, 0) is 17.8 Å². The van der Waals surface area contributed by atoms with Crippen molar-refractivity contribution < 1.29 is 4.79 Å². The zero-order valence-corrected chi connectivity index (χ0v) is 14.5. The third kappa shape index (κ3) is 3.92. The van der Waals surface area contributed by atoms with Crippen molar-refractivity contribution in [2.75, 3.05) is 38.5 Å². The number of nitrogens with one attached hydrogen (secondary N) is 1. The van der Waals surface area contributed by atoms with Crippen molar-refractivity contribution in [1.82, 2.24) is 9.80 Å². The van der Waals surface area contributed by atoms with Crippen molar-refractivity contribution in [2.45, 2.75) is 38.6 Å². The molecule has 0 atom stereocenters. The summed E-state index contributed by atoms with van der Waals surface area (Å²) in [6, 6.07) is 2.30. The summed E-state index contributed by atoms with van der Waals surface area (Å²) in [5.41, 5.74) is 1.82. The third-order valence-corrected chi connectivity index (χ3v) is 5.81. The van der Waals surface area contributed by atoms with Gasteiger partial charge in [-0.2, -0.15) is 5.26 Å². The van der Waals surface area contributed by atoms with Gasteiger partial charge in [-0.1, -0.05) is 12.8 Å². The van der Waals surface area contributed by atoms with Crippen LogP contribution in [0.4, 0.5) is 5.00 Å². The zero-order valence-electron chi connectivity index (χ0n) is 13.7. The van der Waals surface area contributed by atoms with Gasteiger partial charge in [-0.15, -0.1) is 11.3 Å². The van der Waals surface area contributed by atoms with E-state index in [-0.39, 0.29) is 5.91 Å². The highest BCUT2D eigenvalue weighted by Gasteiger charge is 2.24. The summed E-state index contributed by atoms with van der Waals surface area (Å²) in [5.74, 6) is 0.00958. The Bertz CT molecular complexity index is 611. The van der Waals surface area contributed by atoms with Crippen molar-refractivity contribution in [3.05, 3.63) is 16.0 Å². The predicted octanol–water partition coefficient (Wildman–Crippen LogP) is 2.42. The number of hydrogen-bond acceptors (Lipinski definition) is 5. The molecule has 3 heterocycles. The van der Waals surface area contributed by atoms with E-state index in [9.17, 15) is 10.1 Å². The Balaban J connectivity index is 1.67. The van der Waals surface area contributed by atoms with Gasteiger partial charge in [0.05, 0.1) is 12.1 Å². The van der Waals surface area contributed by atoms with Gasteiger partial charge >= 0.3 is 0 Å². The molecule has 1 amide bonds. The maximum atomic E-state index is 12.4. The first-order valence-corrected chi connectivity index (χ1v) is 9.24. The average Bonchev–Trinajstić information content (AvgIpc) is 2.68. The number of thiophene rings is 1. The van der Waals surface area contributed by atoms with Crippen LogP contribution in [0.3, 0.4) is 0 Å². The van der Waals surface area contributed by atoms with Crippen LogP contribution in [-0.4, -0.2) is 48.9 Å². The van der Waals surface area contributed by atoms with Crippen molar-refractivity contribution in [3.63, 3.8) is 0 Å². The summed E-state index contributed by atoms with van der Waals surface area (Å²) in [6.07, 6.45) is 5.78. The molecule has 5 nitrogen and oxygen atoms in total. The van der Waals surface area contributed by atoms with Crippen LogP contribution in [0.25, 0.3) is 0 Å². The number of nitrogens with zero attached hydrogens (tertiary/aromatic N) is 3. The highest BCUT2D eigenvalue weighted by molar-refractivity contribution is 7.16. The van der Waals surface area contributed by atoms with Gasteiger partial charge in [0.25, 0.3) is 0 Å². The second-order valence-electron chi connectivity index (χ2n) is 6.55. The molecule has 1 aromatic heterocycles. The van der Waals surface area contributed by atoms with Crippen LogP contribution in [0.1, 0.15) is 41.7 Å². The molecule has 0 aliphatic carbocycles. The van der Waals surface area contributed by atoms with E-state index < -0.39 is 0 Å². The molecule has 3 rings (SSSR count). The van der Waals surface area contributed by atoms with Crippen LogP contribution in [0.5, 0.6) is 0 Å². The van der Waals surface area contributed by atoms with Gasteiger partial charge in [0.1, 0.15) is 11.1 Å². The molecular weight excluding hydrogens is 308 g/mol. The maximum Gasteiger partial charge on any atom is 0.239 e. The minimum atomic E-state index is 0.00958. The Labute approximate surface area is 141 Å². The van der Waals surface area contributed by atoms with E-state index in [1.54, 1.807) is 11.3 Å². The quantitative estimate of drug-likeness (QED) is 0.923. The molecule has 0 unspecified atom stereocenters. The standard InChI is InChI=1S/C17H24N4OS/c1-20-9-6-13-14(10-18)17(23-15(13)11-20)19-16(22)12-21-7-4-2-3-5-8-21/h2-9,11-12H2,1H3,(H,19,22). The normalized spacial score (nSPS) is 19.7. The lowest BCUT2D eigenvalue weighted by Crippen LogP contribution is -2.33. The number of nitriles is 1. The molecule has 124 valence electrons. The van der Waals surface area contributed by atoms with E-state index in [4.69, 9.17) is 0 Å². The van der Waals surface area contributed by atoms with Crippen molar-refractivity contribution in [2.24, 2.45) is 0 Å². The molecule has 0 spiro atoms. The molecule has 1 N–H and O–H groups in total. The molecule has 23 heavy (non-hydrogen) atoms. The molecule has 6 heteroatoms. The van der Waals surface area contributed by atoms with Gasteiger partial charge in [0.2, 0.25) is 5.91 Å². The highest BCUT2D eigenvalue weighted by Crippen LogP contribution is 2.36. The predicted molar refractivity (Wildman–Crippen MR) is 92.6 cm³/mol. The average molecular weight is 332 g/mol.